The van der Waals surface area contributed by atoms with Gasteiger partial charge in [-0.1, -0.05) is 12.1 Å². The molecule has 0 amide bonds. The second kappa shape index (κ2) is 4.74. The largest absolute Gasteiger partial charge is 0.496 e. The van der Waals surface area contributed by atoms with Crippen molar-refractivity contribution in [1.82, 2.24) is 9.97 Å². The van der Waals surface area contributed by atoms with Gasteiger partial charge in [0.25, 0.3) is 0 Å². The van der Waals surface area contributed by atoms with Crippen molar-refractivity contribution in [1.29, 1.82) is 0 Å². The van der Waals surface area contributed by atoms with Crippen LogP contribution in [0.25, 0.3) is 11.3 Å². The monoisotopic (exact) mass is 228 g/mol. The number of methoxy groups -OCH3 is 1. The van der Waals surface area contributed by atoms with Crippen LogP contribution < -0.4 is 4.74 Å². The first-order valence-electron chi connectivity index (χ1n) is 5.18. The first-order valence-corrected chi connectivity index (χ1v) is 5.18. The third kappa shape index (κ3) is 2.15. The average Bonchev–Trinajstić information content (AvgIpc) is 2.38. The zero-order valence-electron chi connectivity index (χ0n) is 9.68. The van der Waals surface area contributed by atoms with E-state index in [1.807, 2.05) is 24.3 Å². The number of aldehydes is 1. The molecule has 0 radical (unpaired) electrons. The number of aryl methyl sites for hydroxylation is 1. The van der Waals surface area contributed by atoms with E-state index in [1.54, 1.807) is 14.0 Å². The van der Waals surface area contributed by atoms with Crippen molar-refractivity contribution in [3.63, 3.8) is 0 Å². The first-order chi connectivity index (χ1) is 8.26. The van der Waals surface area contributed by atoms with Crippen LogP contribution in [0.5, 0.6) is 5.75 Å². The van der Waals surface area contributed by atoms with Crippen LogP contribution >= 0.6 is 0 Å². The minimum absolute atomic E-state index is 0.458. The van der Waals surface area contributed by atoms with Gasteiger partial charge in [-0.15, -0.1) is 0 Å². The highest BCUT2D eigenvalue weighted by Crippen LogP contribution is 2.29. The number of carbonyl (C=O) groups is 1. The summed E-state index contributed by atoms with van der Waals surface area (Å²) in [4.78, 5) is 19.3. The summed E-state index contributed by atoms with van der Waals surface area (Å²) in [6, 6.07) is 7.45. The van der Waals surface area contributed by atoms with E-state index in [1.165, 1.54) is 6.20 Å². The van der Waals surface area contributed by atoms with Crippen LogP contribution in [0.2, 0.25) is 0 Å². The maximum Gasteiger partial charge on any atom is 0.153 e. The average molecular weight is 228 g/mol. The Hall–Kier alpha value is -2.23. The Labute approximate surface area is 99.3 Å². The molecule has 1 aromatic carbocycles. The van der Waals surface area contributed by atoms with Crippen molar-refractivity contribution >= 4 is 6.29 Å². The molecule has 0 saturated carbocycles. The van der Waals surface area contributed by atoms with Crippen molar-refractivity contribution in [2.75, 3.05) is 7.11 Å². The Morgan fingerprint density at radius 2 is 2.06 bits per heavy atom. The molecule has 0 unspecified atom stereocenters. The van der Waals surface area contributed by atoms with E-state index in [4.69, 9.17) is 4.74 Å². The summed E-state index contributed by atoms with van der Waals surface area (Å²) < 4.78 is 5.26. The van der Waals surface area contributed by atoms with Crippen LogP contribution in [-0.2, 0) is 0 Å². The van der Waals surface area contributed by atoms with Crippen molar-refractivity contribution in [2.24, 2.45) is 0 Å². The Balaban J connectivity index is 2.66. The highest BCUT2D eigenvalue weighted by atomic mass is 16.5. The van der Waals surface area contributed by atoms with Crippen LogP contribution in [-0.4, -0.2) is 23.4 Å². The maximum absolute atomic E-state index is 11.0. The Morgan fingerprint density at radius 3 is 2.76 bits per heavy atom. The fourth-order valence-corrected chi connectivity index (χ4v) is 1.62. The van der Waals surface area contributed by atoms with Crippen LogP contribution in [0, 0.1) is 6.92 Å². The number of hydrogen-bond acceptors (Lipinski definition) is 4. The minimum Gasteiger partial charge on any atom is -0.496 e. The van der Waals surface area contributed by atoms with Crippen LogP contribution in [0.4, 0.5) is 0 Å². The molecule has 1 aromatic heterocycles. The fourth-order valence-electron chi connectivity index (χ4n) is 1.62. The zero-order valence-corrected chi connectivity index (χ0v) is 9.68. The van der Waals surface area contributed by atoms with Crippen molar-refractivity contribution < 1.29 is 9.53 Å². The summed E-state index contributed by atoms with van der Waals surface area (Å²) in [5.74, 6) is 1.31. The molecule has 17 heavy (non-hydrogen) atoms. The summed E-state index contributed by atoms with van der Waals surface area (Å²) >= 11 is 0. The minimum atomic E-state index is 0.458. The Morgan fingerprint density at radius 1 is 1.29 bits per heavy atom. The van der Waals surface area contributed by atoms with Gasteiger partial charge in [0.05, 0.1) is 18.4 Å². The zero-order chi connectivity index (χ0) is 12.3. The molecule has 4 heteroatoms. The molecule has 1 heterocycles. The summed E-state index contributed by atoms with van der Waals surface area (Å²) in [5, 5.41) is 0. The molecule has 0 saturated heterocycles. The number of para-hydroxylation sites is 1. The number of nitrogens with zero attached hydrogens (tertiary/aromatic N) is 2. The molecule has 2 rings (SSSR count). The lowest BCUT2D eigenvalue weighted by molar-refractivity contribution is 0.112. The van der Waals surface area contributed by atoms with Gasteiger partial charge in [-0.05, 0) is 19.1 Å². The van der Waals surface area contributed by atoms with E-state index in [-0.39, 0.29) is 0 Å². The van der Waals surface area contributed by atoms with Gasteiger partial charge < -0.3 is 4.74 Å². The maximum atomic E-state index is 11.0. The number of benzene rings is 1. The number of aromatic nitrogens is 2. The van der Waals surface area contributed by atoms with Crippen molar-refractivity contribution in [3.8, 4) is 17.0 Å². The molecular formula is C13H12N2O2. The third-order valence-electron chi connectivity index (χ3n) is 2.43. The van der Waals surface area contributed by atoms with Gasteiger partial charge >= 0.3 is 0 Å². The molecular weight excluding hydrogens is 216 g/mol. The lowest BCUT2D eigenvalue weighted by Crippen LogP contribution is -1.98. The molecule has 2 aromatic rings. The number of rotatable bonds is 3. The lowest BCUT2D eigenvalue weighted by Gasteiger charge is -2.09. The molecule has 0 aliphatic rings. The normalized spacial score (nSPS) is 10.0. The molecule has 0 fully saturated rings. The quantitative estimate of drug-likeness (QED) is 0.756. The third-order valence-corrected chi connectivity index (χ3v) is 2.43. The summed E-state index contributed by atoms with van der Waals surface area (Å²) in [6.07, 6.45) is 2.28. The van der Waals surface area contributed by atoms with Crippen LogP contribution in [0.15, 0.2) is 30.5 Å². The van der Waals surface area contributed by atoms with E-state index in [0.29, 0.717) is 22.8 Å². The van der Waals surface area contributed by atoms with Gasteiger partial charge in [0.15, 0.2) is 6.29 Å². The van der Waals surface area contributed by atoms with Gasteiger partial charge in [-0.3, -0.25) is 4.79 Å². The molecule has 4 nitrogen and oxygen atoms in total. The highest BCUT2D eigenvalue weighted by molar-refractivity contribution is 5.86. The van der Waals surface area contributed by atoms with E-state index < -0.39 is 0 Å². The standard InChI is InChI=1S/C13H12N2O2/c1-9-14-7-10(8-16)13(15-9)11-5-3-4-6-12(11)17-2/h3-8H,1-2H3. The summed E-state index contributed by atoms with van der Waals surface area (Å²) in [6.45, 7) is 1.79. The number of hydrogen-bond donors (Lipinski definition) is 0. The highest BCUT2D eigenvalue weighted by Gasteiger charge is 2.11. The Kier molecular flexibility index (Phi) is 3.14. The Bertz CT molecular complexity index is 553. The number of ether oxygens (including phenoxy) is 1. The second-order valence-electron chi connectivity index (χ2n) is 3.54. The smallest absolute Gasteiger partial charge is 0.153 e. The molecule has 0 atom stereocenters. The number of carbonyl (C=O) groups excluding carboxylic acids is 1. The molecule has 0 aliphatic carbocycles. The molecule has 0 aliphatic heterocycles. The fraction of sp³-hybridized carbons (Fsp3) is 0.154. The van der Waals surface area contributed by atoms with Gasteiger partial charge in [0, 0.05) is 11.8 Å². The predicted molar refractivity (Wildman–Crippen MR) is 64.1 cm³/mol. The van der Waals surface area contributed by atoms with Gasteiger partial charge in [0.2, 0.25) is 0 Å². The molecule has 0 spiro atoms. The van der Waals surface area contributed by atoms with E-state index >= 15 is 0 Å². The van der Waals surface area contributed by atoms with Crippen molar-refractivity contribution in [2.45, 2.75) is 6.92 Å². The van der Waals surface area contributed by atoms with Gasteiger partial charge in [0.1, 0.15) is 11.6 Å². The SMILES string of the molecule is COc1ccccc1-c1nc(C)ncc1C=O. The lowest BCUT2D eigenvalue weighted by atomic mass is 10.1. The van der Waals surface area contributed by atoms with Crippen LogP contribution in [0.1, 0.15) is 16.2 Å². The van der Waals surface area contributed by atoms with E-state index in [9.17, 15) is 4.79 Å². The molecule has 0 N–H and O–H groups in total. The van der Waals surface area contributed by atoms with Gasteiger partial charge in [-0.2, -0.15) is 0 Å². The second-order valence-corrected chi connectivity index (χ2v) is 3.54. The summed E-state index contributed by atoms with van der Waals surface area (Å²) in [7, 11) is 1.59. The van der Waals surface area contributed by atoms with E-state index in [2.05, 4.69) is 9.97 Å². The molecule has 86 valence electrons. The van der Waals surface area contributed by atoms with Crippen molar-refractivity contribution in [3.05, 3.63) is 41.9 Å². The summed E-state index contributed by atoms with van der Waals surface area (Å²) in [5.41, 5.74) is 1.85. The topological polar surface area (TPSA) is 52.1 Å². The predicted octanol–water partition coefficient (Wildman–Crippen LogP) is 2.27. The molecule has 0 bridgehead atoms. The van der Waals surface area contributed by atoms with Crippen LogP contribution in [0.3, 0.4) is 0 Å². The first kappa shape index (κ1) is 11.3. The van der Waals surface area contributed by atoms with Gasteiger partial charge in [-0.25, -0.2) is 9.97 Å². The van der Waals surface area contributed by atoms with E-state index in [0.717, 1.165) is 11.8 Å².